The Morgan fingerprint density at radius 2 is 1.12 bits per heavy atom. The maximum Gasteiger partial charge on any atom is 0.170 e. The number of amidine groups is 2. The van der Waals surface area contributed by atoms with Crippen LogP contribution in [0.25, 0.3) is 42.3 Å². The van der Waals surface area contributed by atoms with E-state index in [4.69, 9.17) is 15.0 Å². The number of hydrogen-bond acceptors (Lipinski definition) is 5. The van der Waals surface area contributed by atoms with Gasteiger partial charge in [0.25, 0.3) is 0 Å². The Morgan fingerprint density at radius 1 is 0.561 bits per heavy atom. The van der Waals surface area contributed by atoms with E-state index in [2.05, 4.69) is 96.3 Å². The molecule has 194 valence electrons. The minimum absolute atomic E-state index is 0.401. The zero-order chi connectivity index (χ0) is 27.2. The van der Waals surface area contributed by atoms with Gasteiger partial charge in [-0.3, -0.25) is 0 Å². The molecule has 0 aliphatic carbocycles. The lowest BCUT2D eigenvalue weighted by Gasteiger charge is -2.23. The van der Waals surface area contributed by atoms with Crippen LogP contribution in [0.15, 0.2) is 143 Å². The highest BCUT2D eigenvalue weighted by molar-refractivity contribution is 7.21. The molecule has 8 rings (SSSR count). The number of thiazole rings is 1. The van der Waals surface area contributed by atoms with E-state index >= 15 is 0 Å². The standard InChI is InChI=1S/C36H24N4S/c1-4-12-23(13-5-1)33-38-34(24-14-6-2-7-15-24)40-35(39-33)29-22-26-20-21-30-32(31(26)28-19-11-10-18-27(28)29)37-36(41-30)25-16-8-3-9-17-25/h1-22,35H,(H,38,39,40). The minimum Gasteiger partial charge on any atom is -0.324 e. The molecule has 6 aromatic carbocycles. The highest BCUT2D eigenvalue weighted by Gasteiger charge is 2.23. The number of hydrogen-bond donors (Lipinski definition) is 1. The summed E-state index contributed by atoms with van der Waals surface area (Å²) in [6.07, 6.45) is -0.401. The molecule has 0 amide bonds. The van der Waals surface area contributed by atoms with Crippen LogP contribution in [0.4, 0.5) is 0 Å². The van der Waals surface area contributed by atoms with Crippen LogP contribution in [0.5, 0.6) is 0 Å². The van der Waals surface area contributed by atoms with Crippen LogP contribution < -0.4 is 5.32 Å². The first-order valence-electron chi connectivity index (χ1n) is 13.7. The van der Waals surface area contributed by atoms with Crippen LogP contribution in [0.2, 0.25) is 0 Å². The summed E-state index contributed by atoms with van der Waals surface area (Å²) in [5.74, 6) is 1.63. The van der Waals surface area contributed by atoms with Gasteiger partial charge in [-0.05, 0) is 28.3 Å². The van der Waals surface area contributed by atoms with Crippen molar-refractivity contribution >= 4 is 54.8 Å². The van der Waals surface area contributed by atoms with E-state index in [0.29, 0.717) is 0 Å². The number of nitrogens with one attached hydrogen (secondary N) is 1. The Morgan fingerprint density at radius 3 is 1.76 bits per heavy atom. The van der Waals surface area contributed by atoms with Crippen molar-refractivity contribution < 1.29 is 0 Å². The molecule has 0 spiro atoms. The fraction of sp³-hybridized carbons (Fsp3) is 0.0278. The van der Waals surface area contributed by atoms with Gasteiger partial charge in [0.05, 0.1) is 10.2 Å². The Labute approximate surface area is 241 Å². The second kappa shape index (κ2) is 9.81. The molecule has 1 N–H and O–H groups in total. The summed E-state index contributed by atoms with van der Waals surface area (Å²) in [6.45, 7) is 0. The quantitative estimate of drug-likeness (QED) is 0.225. The molecule has 0 atom stereocenters. The molecular formula is C36H24N4S. The molecule has 0 fully saturated rings. The highest BCUT2D eigenvalue weighted by atomic mass is 32.1. The number of fused-ring (bicyclic) bond motifs is 5. The summed E-state index contributed by atoms with van der Waals surface area (Å²) in [7, 11) is 0. The molecule has 4 nitrogen and oxygen atoms in total. The van der Waals surface area contributed by atoms with Crippen molar-refractivity contribution in [1.29, 1.82) is 0 Å². The Bertz CT molecular complexity index is 2060. The Kier molecular flexibility index (Phi) is 5.68. The SMILES string of the molecule is c1ccc(C2=NC(c3cc4ccc5sc(-c6ccccc6)nc5c4c4ccccc34)N=C(c3ccccc3)N2)cc1. The number of aromatic nitrogens is 1. The third-order valence-corrected chi connectivity index (χ3v) is 8.61. The summed E-state index contributed by atoms with van der Waals surface area (Å²) in [5.41, 5.74) is 5.32. The molecule has 41 heavy (non-hydrogen) atoms. The van der Waals surface area contributed by atoms with Gasteiger partial charge < -0.3 is 5.32 Å². The third-order valence-electron chi connectivity index (χ3n) is 7.54. The molecule has 0 saturated carbocycles. The normalized spacial score (nSPS) is 13.8. The van der Waals surface area contributed by atoms with Crippen LogP contribution in [-0.2, 0) is 0 Å². The second-order valence-corrected chi connectivity index (χ2v) is 11.1. The number of rotatable bonds is 4. The van der Waals surface area contributed by atoms with E-state index in [9.17, 15) is 0 Å². The average molecular weight is 545 g/mol. The first-order chi connectivity index (χ1) is 20.3. The van der Waals surface area contributed by atoms with Gasteiger partial charge in [-0.15, -0.1) is 11.3 Å². The fourth-order valence-corrected chi connectivity index (χ4v) is 6.58. The molecule has 0 saturated heterocycles. The third kappa shape index (κ3) is 4.19. The minimum atomic E-state index is -0.401. The fourth-order valence-electron chi connectivity index (χ4n) is 5.60. The van der Waals surface area contributed by atoms with Gasteiger partial charge in [0, 0.05) is 27.6 Å². The van der Waals surface area contributed by atoms with Crippen LogP contribution in [0, 0.1) is 0 Å². The van der Waals surface area contributed by atoms with Crippen LogP contribution in [-0.4, -0.2) is 16.7 Å². The van der Waals surface area contributed by atoms with Gasteiger partial charge in [0.2, 0.25) is 0 Å². The van der Waals surface area contributed by atoms with Crippen molar-refractivity contribution in [3.05, 3.63) is 150 Å². The van der Waals surface area contributed by atoms with Gasteiger partial charge in [0.15, 0.2) is 6.17 Å². The summed E-state index contributed by atoms with van der Waals surface area (Å²) < 4.78 is 1.19. The van der Waals surface area contributed by atoms with Gasteiger partial charge in [-0.25, -0.2) is 15.0 Å². The lowest BCUT2D eigenvalue weighted by Crippen LogP contribution is -2.36. The van der Waals surface area contributed by atoms with E-state index in [0.717, 1.165) is 55.2 Å². The zero-order valence-corrected chi connectivity index (χ0v) is 22.8. The molecule has 7 aromatic rings. The number of nitrogens with zero attached hydrogens (tertiary/aromatic N) is 3. The van der Waals surface area contributed by atoms with Crippen molar-refractivity contribution in [2.75, 3.05) is 0 Å². The smallest absolute Gasteiger partial charge is 0.170 e. The van der Waals surface area contributed by atoms with E-state index in [-0.39, 0.29) is 0 Å². The van der Waals surface area contributed by atoms with Gasteiger partial charge in [-0.2, -0.15) is 0 Å². The Balaban J connectivity index is 1.36. The summed E-state index contributed by atoms with van der Waals surface area (Å²) >= 11 is 1.74. The van der Waals surface area contributed by atoms with E-state index < -0.39 is 6.17 Å². The van der Waals surface area contributed by atoms with E-state index in [1.165, 1.54) is 15.5 Å². The highest BCUT2D eigenvalue weighted by Crippen LogP contribution is 2.40. The summed E-state index contributed by atoms with van der Waals surface area (Å²) in [5, 5.41) is 9.17. The molecule has 1 aliphatic heterocycles. The molecular weight excluding hydrogens is 520 g/mol. The first kappa shape index (κ1) is 23.7. The van der Waals surface area contributed by atoms with Crippen LogP contribution in [0.1, 0.15) is 22.9 Å². The van der Waals surface area contributed by atoms with Gasteiger partial charge in [0.1, 0.15) is 16.7 Å². The zero-order valence-electron chi connectivity index (χ0n) is 22.0. The largest absolute Gasteiger partial charge is 0.324 e. The molecule has 0 bridgehead atoms. The number of aliphatic imine (C=N–C) groups is 2. The van der Waals surface area contributed by atoms with Gasteiger partial charge >= 0.3 is 0 Å². The molecule has 1 aromatic heterocycles. The van der Waals surface area contributed by atoms with Crippen molar-refractivity contribution in [2.24, 2.45) is 9.98 Å². The first-order valence-corrected chi connectivity index (χ1v) is 14.5. The summed E-state index contributed by atoms with van der Waals surface area (Å²) in [6, 6.07) is 46.2. The van der Waals surface area contributed by atoms with Gasteiger partial charge in [-0.1, -0.05) is 121 Å². The van der Waals surface area contributed by atoms with Crippen molar-refractivity contribution in [3.63, 3.8) is 0 Å². The Hall–Kier alpha value is -5.13. The topological polar surface area (TPSA) is 49.6 Å². The monoisotopic (exact) mass is 544 g/mol. The average Bonchev–Trinajstić information content (AvgIpc) is 3.50. The molecule has 2 heterocycles. The molecule has 0 unspecified atom stereocenters. The van der Waals surface area contributed by atoms with E-state index in [1.54, 1.807) is 11.3 Å². The van der Waals surface area contributed by atoms with Crippen LogP contribution >= 0.6 is 11.3 Å². The molecule has 1 aliphatic rings. The van der Waals surface area contributed by atoms with Crippen molar-refractivity contribution in [2.45, 2.75) is 6.17 Å². The predicted octanol–water partition coefficient (Wildman–Crippen LogP) is 8.77. The van der Waals surface area contributed by atoms with E-state index in [1.807, 2.05) is 42.5 Å². The number of benzene rings is 6. The lowest BCUT2D eigenvalue weighted by molar-refractivity contribution is 0.763. The maximum atomic E-state index is 5.17. The second-order valence-electron chi connectivity index (χ2n) is 10.1. The molecule has 5 heteroatoms. The maximum absolute atomic E-state index is 5.17. The van der Waals surface area contributed by atoms with Crippen molar-refractivity contribution in [1.82, 2.24) is 10.3 Å². The predicted molar refractivity (Wildman–Crippen MR) is 172 cm³/mol. The van der Waals surface area contributed by atoms with Crippen LogP contribution in [0.3, 0.4) is 0 Å². The van der Waals surface area contributed by atoms with Crippen molar-refractivity contribution in [3.8, 4) is 10.6 Å². The summed E-state index contributed by atoms with van der Waals surface area (Å²) in [4.78, 5) is 15.5. The lowest BCUT2D eigenvalue weighted by atomic mass is 9.95. The molecule has 0 radical (unpaired) electrons.